The number of hydrogen-bond donors (Lipinski definition) is 1. The van der Waals surface area contributed by atoms with Crippen molar-refractivity contribution in [3.05, 3.63) is 75.6 Å². The molecule has 1 amide bonds. The van der Waals surface area contributed by atoms with Gasteiger partial charge in [0.2, 0.25) is 0 Å². The van der Waals surface area contributed by atoms with Crippen molar-refractivity contribution in [3.63, 3.8) is 0 Å². The summed E-state index contributed by atoms with van der Waals surface area (Å²) in [6.45, 7) is 1.61. The summed E-state index contributed by atoms with van der Waals surface area (Å²) in [6, 6.07) is 10.9. The van der Waals surface area contributed by atoms with Crippen LogP contribution < -0.4 is 5.73 Å². The third kappa shape index (κ3) is 3.78. The Morgan fingerprint density at radius 2 is 1.93 bits per heavy atom. The maximum atomic E-state index is 13.5. The monoisotopic (exact) mass is 447 g/mol. The Morgan fingerprint density at radius 1 is 1.17 bits per heavy atom. The molecule has 4 nitrogen and oxygen atoms in total. The van der Waals surface area contributed by atoms with Crippen molar-refractivity contribution >= 4 is 28.6 Å². The molecule has 3 aromatic heterocycles. The molecule has 9 heteroatoms. The highest BCUT2D eigenvalue weighted by Crippen LogP contribution is 2.36. The fourth-order valence-electron chi connectivity index (χ4n) is 3.32. The molecule has 0 saturated heterocycles. The Kier molecular flexibility index (Phi) is 5.25. The summed E-state index contributed by atoms with van der Waals surface area (Å²) < 4.78 is 42.1. The zero-order valence-corrected chi connectivity index (χ0v) is 17.4. The Hall–Kier alpha value is -2.91. The Bertz CT molecular complexity index is 1210. The average molecular weight is 448 g/mol. The predicted octanol–water partition coefficient (Wildman–Crippen LogP) is 5.81. The number of halogens is 3. The molecule has 4 aromatic rings. The van der Waals surface area contributed by atoms with Crippen LogP contribution in [0.1, 0.15) is 27.2 Å². The molecular weight excluding hydrogens is 431 g/mol. The number of aromatic nitrogens is 2. The van der Waals surface area contributed by atoms with Gasteiger partial charge in [-0.2, -0.15) is 13.2 Å². The molecule has 0 atom stereocenters. The number of thiazole rings is 1. The number of amides is 1. The van der Waals surface area contributed by atoms with Crippen LogP contribution in [0.4, 0.5) is 13.2 Å². The topological polar surface area (TPSA) is 60.9 Å². The van der Waals surface area contributed by atoms with Crippen LogP contribution >= 0.6 is 22.7 Å². The van der Waals surface area contributed by atoms with E-state index in [0.29, 0.717) is 17.1 Å². The summed E-state index contributed by atoms with van der Waals surface area (Å²) in [5, 5.41) is 4.59. The maximum absolute atomic E-state index is 13.5. The van der Waals surface area contributed by atoms with Crippen molar-refractivity contribution < 1.29 is 18.0 Å². The first-order valence-corrected chi connectivity index (χ1v) is 10.7. The molecule has 0 radical (unpaired) electrons. The van der Waals surface area contributed by atoms with Gasteiger partial charge in [0.05, 0.1) is 27.4 Å². The van der Waals surface area contributed by atoms with E-state index in [9.17, 15) is 18.0 Å². The van der Waals surface area contributed by atoms with Crippen LogP contribution in [-0.4, -0.2) is 15.5 Å². The van der Waals surface area contributed by atoms with E-state index in [4.69, 9.17) is 5.73 Å². The minimum absolute atomic E-state index is 0.0595. The Morgan fingerprint density at radius 3 is 2.60 bits per heavy atom. The van der Waals surface area contributed by atoms with Crippen LogP contribution in [0, 0.1) is 6.92 Å². The van der Waals surface area contributed by atoms with Crippen LogP contribution in [0.5, 0.6) is 0 Å². The summed E-state index contributed by atoms with van der Waals surface area (Å²) in [4.78, 5) is 17.5. The van der Waals surface area contributed by atoms with Gasteiger partial charge in [0.1, 0.15) is 5.01 Å². The molecule has 30 heavy (non-hydrogen) atoms. The average Bonchev–Trinajstić information content (AvgIpc) is 3.42. The molecule has 2 N–H and O–H groups in total. The van der Waals surface area contributed by atoms with Gasteiger partial charge in [0.15, 0.2) is 0 Å². The van der Waals surface area contributed by atoms with Crippen molar-refractivity contribution in [1.29, 1.82) is 0 Å². The lowest BCUT2D eigenvalue weighted by molar-refractivity contribution is -0.138. The molecule has 1 aromatic carbocycles. The molecule has 0 aliphatic rings. The second-order valence-corrected chi connectivity index (χ2v) is 8.45. The fourth-order valence-corrected chi connectivity index (χ4v) is 4.95. The van der Waals surface area contributed by atoms with Gasteiger partial charge in [-0.05, 0) is 36.1 Å². The van der Waals surface area contributed by atoms with Gasteiger partial charge in [-0.25, -0.2) is 4.98 Å². The second-order valence-electron chi connectivity index (χ2n) is 6.65. The number of carbonyl (C=O) groups is 1. The van der Waals surface area contributed by atoms with E-state index in [-0.39, 0.29) is 17.7 Å². The van der Waals surface area contributed by atoms with E-state index >= 15 is 0 Å². The lowest BCUT2D eigenvalue weighted by atomic mass is 10.1. The number of rotatable bonds is 5. The largest absolute Gasteiger partial charge is 0.416 e. The maximum Gasteiger partial charge on any atom is 0.416 e. The molecular formula is C21H16F3N3OS2. The number of thiophene rings is 1. The zero-order chi connectivity index (χ0) is 21.5. The molecule has 4 rings (SSSR count). The fraction of sp³-hybridized carbons (Fsp3) is 0.143. The zero-order valence-electron chi connectivity index (χ0n) is 15.7. The summed E-state index contributed by atoms with van der Waals surface area (Å²) in [6.07, 6.45) is -4.47. The normalized spacial score (nSPS) is 11.7. The van der Waals surface area contributed by atoms with Crippen molar-refractivity contribution in [2.24, 2.45) is 5.73 Å². The standard InChI is InChI=1S/C21H16F3N3OS2/c1-12-14(19(25)28)9-17(16-11-30-20(26-16)18-7-4-8-29-18)27(12)10-13-5-2-3-6-15(13)21(22,23)24/h2-9,11H,10H2,1H3,(H2,25,28). The van der Waals surface area contributed by atoms with Gasteiger partial charge in [-0.15, -0.1) is 22.7 Å². The summed E-state index contributed by atoms with van der Waals surface area (Å²) in [7, 11) is 0. The van der Waals surface area contributed by atoms with E-state index in [1.54, 1.807) is 35.0 Å². The highest BCUT2D eigenvalue weighted by molar-refractivity contribution is 7.20. The summed E-state index contributed by atoms with van der Waals surface area (Å²) in [5.74, 6) is -0.634. The quantitative estimate of drug-likeness (QED) is 0.419. The lowest BCUT2D eigenvalue weighted by Crippen LogP contribution is -2.15. The van der Waals surface area contributed by atoms with Crippen LogP contribution in [0.3, 0.4) is 0 Å². The molecule has 0 bridgehead atoms. The van der Waals surface area contributed by atoms with Crippen LogP contribution in [0.15, 0.2) is 53.2 Å². The van der Waals surface area contributed by atoms with Gasteiger partial charge < -0.3 is 10.3 Å². The number of nitrogens with zero attached hydrogens (tertiary/aromatic N) is 2. The molecule has 0 spiro atoms. The van der Waals surface area contributed by atoms with Gasteiger partial charge in [-0.1, -0.05) is 24.3 Å². The van der Waals surface area contributed by atoms with Crippen LogP contribution in [0.25, 0.3) is 21.3 Å². The first-order chi connectivity index (χ1) is 14.3. The van der Waals surface area contributed by atoms with Crippen molar-refractivity contribution in [2.75, 3.05) is 0 Å². The number of alkyl halides is 3. The minimum Gasteiger partial charge on any atom is -0.366 e. The number of nitrogens with two attached hydrogens (primary N) is 1. The third-order valence-electron chi connectivity index (χ3n) is 4.78. The predicted molar refractivity (Wildman–Crippen MR) is 113 cm³/mol. The number of carbonyl (C=O) groups excluding carboxylic acids is 1. The van der Waals surface area contributed by atoms with E-state index < -0.39 is 17.6 Å². The van der Waals surface area contributed by atoms with Gasteiger partial charge in [-0.3, -0.25) is 4.79 Å². The van der Waals surface area contributed by atoms with E-state index in [0.717, 1.165) is 16.0 Å². The third-order valence-corrected chi connectivity index (χ3v) is 6.66. The molecule has 0 aliphatic heterocycles. The second kappa shape index (κ2) is 7.73. The molecule has 0 fully saturated rings. The van der Waals surface area contributed by atoms with Gasteiger partial charge >= 0.3 is 6.18 Å². The molecule has 0 saturated carbocycles. The first kappa shape index (κ1) is 20.4. The molecule has 0 aliphatic carbocycles. The SMILES string of the molecule is Cc1c(C(N)=O)cc(-c2csc(-c3cccs3)n2)n1Cc1ccccc1C(F)(F)F. The van der Waals surface area contributed by atoms with Crippen LogP contribution in [0.2, 0.25) is 0 Å². The highest BCUT2D eigenvalue weighted by Gasteiger charge is 2.33. The van der Waals surface area contributed by atoms with Crippen molar-refractivity contribution in [3.8, 4) is 21.3 Å². The lowest BCUT2D eigenvalue weighted by Gasteiger charge is -2.16. The van der Waals surface area contributed by atoms with E-state index in [2.05, 4.69) is 4.98 Å². The first-order valence-electron chi connectivity index (χ1n) is 8.90. The van der Waals surface area contributed by atoms with Crippen LogP contribution in [-0.2, 0) is 12.7 Å². The Balaban J connectivity index is 1.82. The molecule has 154 valence electrons. The molecule has 3 heterocycles. The minimum atomic E-state index is -4.47. The molecule has 0 unspecified atom stereocenters. The summed E-state index contributed by atoms with van der Waals surface area (Å²) in [5.41, 5.74) is 6.81. The smallest absolute Gasteiger partial charge is 0.366 e. The van der Waals surface area contributed by atoms with Crippen molar-refractivity contribution in [2.45, 2.75) is 19.6 Å². The van der Waals surface area contributed by atoms with Gasteiger partial charge in [0.25, 0.3) is 5.91 Å². The number of hydrogen-bond acceptors (Lipinski definition) is 4. The van der Waals surface area contributed by atoms with E-state index in [1.807, 2.05) is 22.9 Å². The number of primary amides is 1. The van der Waals surface area contributed by atoms with Gasteiger partial charge in [0, 0.05) is 17.6 Å². The van der Waals surface area contributed by atoms with Crippen molar-refractivity contribution in [1.82, 2.24) is 9.55 Å². The van der Waals surface area contributed by atoms with E-state index in [1.165, 1.54) is 23.5 Å². The summed E-state index contributed by atoms with van der Waals surface area (Å²) >= 11 is 2.99. The highest BCUT2D eigenvalue weighted by atomic mass is 32.1. The Labute approximate surface area is 178 Å². The number of benzene rings is 1.